The minimum absolute atomic E-state index is 0.186. The van der Waals surface area contributed by atoms with E-state index in [1.54, 1.807) is 25.2 Å². The van der Waals surface area contributed by atoms with Crippen molar-refractivity contribution in [3.63, 3.8) is 0 Å². The number of aliphatic imine (C=N–C) groups is 1. The molecule has 0 saturated heterocycles. The third-order valence-electron chi connectivity index (χ3n) is 4.71. The molecular weight excluding hydrogens is 444 g/mol. The first-order valence-corrected chi connectivity index (χ1v) is 10.1. The van der Waals surface area contributed by atoms with E-state index in [-0.39, 0.29) is 5.91 Å². The quantitative estimate of drug-likeness (QED) is 0.483. The van der Waals surface area contributed by atoms with Gasteiger partial charge in [0, 0.05) is 10.0 Å². The number of anilines is 1. The maximum Gasteiger partial charge on any atom is 0.282 e. The largest absolute Gasteiger partial charge is 0.497 e. The molecule has 0 atom stereocenters. The van der Waals surface area contributed by atoms with Crippen molar-refractivity contribution in [2.45, 2.75) is 0 Å². The Labute approximate surface area is 183 Å². The predicted molar refractivity (Wildman–Crippen MR) is 122 cm³/mol. The summed E-state index contributed by atoms with van der Waals surface area (Å²) in [6, 6.07) is 22.6. The van der Waals surface area contributed by atoms with Gasteiger partial charge in [0.1, 0.15) is 23.0 Å². The minimum Gasteiger partial charge on any atom is -0.497 e. The summed E-state index contributed by atoms with van der Waals surface area (Å²) in [6.07, 6.45) is 1.79. The van der Waals surface area contributed by atoms with Crippen LogP contribution in [0.1, 0.15) is 11.1 Å². The number of halogens is 1. The van der Waals surface area contributed by atoms with Crippen molar-refractivity contribution >= 4 is 39.4 Å². The zero-order chi connectivity index (χ0) is 21.1. The number of hydrogen-bond donors (Lipinski definition) is 0. The molecule has 3 aromatic carbocycles. The molecule has 0 unspecified atom stereocenters. The summed E-state index contributed by atoms with van der Waals surface area (Å²) >= 11 is 3.43. The summed E-state index contributed by atoms with van der Waals surface area (Å²) in [5, 5.41) is 0. The van der Waals surface area contributed by atoms with Gasteiger partial charge in [-0.25, -0.2) is 4.99 Å². The maximum absolute atomic E-state index is 13.3. The van der Waals surface area contributed by atoms with Crippen LogP contribution in [0, 0.1) is 0 Å². The fraction of sp³-hybridized carbons (Fsp3) is 0.0833. The van der Waals surface area contributed by atoms with Crippen molar-refractivity contribution in [1.82, 2.24) is 0 Å². The average Bonchev–Trinajstić information content (AvgIpc) is 3.11. The van der Waals surface area contributed by atoms with Crippen LogP contribution in [0.25, 0.3) is 6.08 Å². The molecular formula is C24H19BrN2O3. The van der Waals surface area contributed by atoms with Gasteiger partial charge in [0.25, 0.3) is 5.91 Å². The first-order chi connectivity index (χ1) is 14.6. The lowest BCUT2D eigenvalue weighted by Gasteiger charge is -2.19. The molecule has 4 rings (SSSR count). The van der Waals surface area contributed by atoms with Gasteiger partial charge in [-0.3, -0.25) is 9.69 Å². The van der Waals surface area contributed by atoms with E-state index in [1.165, 1.54) is 0 Å². The first kappa shape index (κ1) is 19.9. The number of methoxy groups -OCH3 is 2. The Morgan fingerprint density at radius 1 is 0.833 bits per heavy atom. The summed E-state index contributed by atoms with van der Waals surface area (Å²) < 4.78 is 11.5. The zero-order valence-corrected chi connectivity index (χ0v) is 18.1. The molecule has 30 heavy (non-hydrogen) atoms. The number of nitrogens with zero attached hydrogens (tertiary/aromatic N) is 2. The van der Waals surface area contributed by atoms with Gasteiger partial charge in [-0.05, 0) is 72.3 Å². The van der Waals surface area contributed by atoms with Crippen molar-refractivity contribution in [1.29, 1.82) is 0 Å². The number of benzene rings is 3. The lowest BCUT2D eigenvalue weighted by Crippen LogP contribution is -2.32. The fourth-order valence-corrected chi connectivity index (χ4v) is 3.40. The lowest BCUT2D eigenvalue weighted by atomic mass is 10.1. The summed E-state index contributed by atoms with van der Waals surface area (Å²) in [7, 11) is 3.23. The Morgan fingerprint density at radius 3 is 1.97 bits per heavy atom. The van der Waals surface area contributed by atoms with Gasteiger partial charge in [-0.2, -0.15) is 0 Å². The van der Waals surface area contributed by atoms with Crippen LogP contribution in [-0.2, 0) is 4.79 Å². The third kappa shape index (κ3) is 4.00. The highest BCUT2D eigenvalue weighted by Crippen LogP contribution is 2.30. The van der Waals surface area contributed by atoms with Crippen LogP contribution in [0.5, 0.6) is 11.5 Å². The Hall–Kier alpha value is -3.38. The zero-order valence-electron chi connectivity index (χ0n) is 16.5. The minimum atomic E-state index is -0.186. The average molecular weight is 463 g/mol. The van der Waals surface area contributed by atoms with Gasteiger partial charge >= 0.3 is 0 Å². The predicted octanol–water partition coefficient (Wildman–Crippen LogP) is 5.30. The van der Waals surface area contributed by atoms with Crippen molar-refractivity contribution < 1.29 is 14.3 Å². The number of ether oxygens (including phenoxy) is 2. The number of hydrogen-bond acceptors (Lipinski definition) is 4. The molecule has 0 aliphatic carbocycles. The number of amidine groups is 1. The summed E-state index contributed by atoms with van der Waals surface area (Å²) in [4.78, 5) is 19.6. The van der Waals surface area contributed by atoms with Gasteiger partial charge in [0.05, 0.1) is 19.9 Å². The number of carbonyl (C=O) groups is 1. The fourth-order valence-electron chi connectivity index (χ4n) is 3.14. The lowest BCUT2D eigenvalue weighted by molar-refractivity contribution is -0.113. The molecule has 1 heterocycles. The Kier molecular flexibility index (Phi) is 5.68. The molecule has 0 spiro atoms. The van der Waals surface area contributed by atoms with E-state index in [0.29, 0.717) is 11.5 Å². The molecule has 0 saturated carbocycles. The van der Waals surface area contributed by atoms with Gasteiger partial charge in [0.15, 0.2) is 0 Å². The van der Waals surface area contributed by atoms with Gasteiger partial charge in [-0.1, -0.05) is 28.1 Å². The molecule has 0 bridgehead atoms. The number of rotatable bonds is 5. The van der Waals surface area contributed by atoms with Gasteiger partial charge in [-0.15, -0.1) is 0 Å². The summed E-state index contributed by atoms with van der Waals surface area (Å²) in [5.41, 5.74) is 2.81. The standard InChI is InChI=1S/C24H19BrN2O3/c1-29-20-11-5-17(6-12-20)23-26-22(15-16-3-7-18(25)8-4-16)24(28)27(23)19-9-13-21(30-2)14-10-19/h3-15H,1-2H3/b22-15+. The monoisotopic (exact) mass is 462 g/mol. The van der Waals surface area contributed by atoms with E-state index < -0.39 is 0 Å². The third-order valence-corrected chi connectivity index (χ3v) is 5.24. The Morgan fingerprint density at radius 2 is 1.40 bits per heavy atom. The van der Waals surface area contributed by atoms with Gasteiger partial charge in [0.2, 0.25) is 0 Å². The molecule has 0 N–H and O–H groups in total. The Bertz CT molecular complexity index is 1120. The summed E-state index contributed by atoms with van der Waals surface area (Å²) in [5.74, 6) is 1.84. The first-order valence-electron chi connectivity index (χ1n) is 9.28. The second-order valence-electron chi connectivity index (χ2n) is 6.58. The Balaban J connectivity index is 1.78. The SMILES string of the molecule is COc1ccc(C2=N/C(=C/c3ccc(Br)cc3)C(=O)N2c2ccc(OC)cc2)cc1. The normalized spacial score (nSPS) is 14.8. The molecule has 3 aromatic rings. The topological polar surface area (TPSA) is 51.1 Å². The molecule has 0 radical (unpaired) electrons. The molecule has 1 aliphatic heterocycles. The van der Waals surface area contributed by atoms with E-state index in [1.807, 2.05) is 72.8 Å². The van der Waals surface area contributed by atoms with E-state index in [9.17, 15) is 4.79 Å². The molecule has 0 fully saturated rings. The smallest absolute Gasteiger partial charge is 0.282 e. The van der Waals surface area contributed by atoms with Crippen LogP contribution >= 0.6 is 15.9 Å². The van der Waals surface area contributed by atoms with E-state index in [4.69, 9.17) is 9.47 Å². The van der Waals surface area contributed by atoms with E-state index in [0.717, 1.165) is 32.8 Å². The van der Waals surface area contributed by atoms with Crippen LogP contribution in [-0.4, -0.2) is 26.0 Å². The molecule has 5 nitrogen and oxygen atoms in total. The van der Waals surface area contributed by atoms with E-state index >= 15 is 0 Å². The second kappa shape index (κ2) is 8.55. The van der Waals surface area contributed by atoms with E-state index in [2.05, 4.69) is 20.9 Å². The highest BCUT2D eigenvalue weighted by atomic mass is 79.9. The van der Waals surface area contributed by atoms with Crippen molar-refractivity contribution in [3.05, 3.63) is 94.1 Å². The number of amides is 1. The van der Waals surface area contributed by atoms with Gasteiger partial charge < -0.3 is 9.47 Å². The van der Waals surface area contributed by atoms with Crippen LogP contribution in [0.4, 0.5) is 5.69 Å². The highest BCUT2D eigenvalue weighted by Gasteiger charge is 2.32. The molecule has 6 heteroatoms. The second-order valence-corrected chi connectivity index (χ2v) is 7.50. The highest BCUT2D eigenvalue weighted by molar-refractivity contribution is 9.10. The molecule has 1 aliphatic rings. The molecule has 1 amide bonds. The van der Waals surface area contributed by atoms with Crippen LogP contribution in [0.2, 0.25) is 0 Å². The van der Waals surface area contributed by atoms with Crippen molar-refractivity contribution in [2.75, 3.05) is 19.1 Å². The summed E-state index contributed by atoms with van der Waals surface area (Å²) in [6.45, 7) is 0. The van der Waals surface area contributed by atoms with Crippen LogP contribution in [0.15, 0.2) is 88.0 Å². The molecule has 0 aromatic heterocycles. The van der Waals surface area contributed by atoms with Crippen LogP contribution in [0.3, 0.4) is 0 Å². The molecule has 150 valence electrons. The van der Waals surface area contributed by atoms with Crippen molar-refractivity contribution in [3.8, 4) is 11.5 Å². The van der Waals surface area contributed by atoms with Crippen LogP contribution < -0.4 is 14.4 Å². The maximum atomic E-state index is 13.3. The number of carbonyl (C=O) groups excluding carboxylic acids is 1. The van der Waals surface area contributed by atoms with Crippen molar-refractivity contribution in [2.24, 2.45) is 4.99 Å².